The van der Waals surface area contributed by atoms with Crippen molar-refractivity contribution >= 4 is 0 Å². The Hall–Kier alpha value is -2.08. The predicted molar refractivity (Wildman–Crippen MR) is 68.3 cm³/mol. The molecule has 19 heavy (non-hydrogen) atoms. The van der Waals surface area contributed by atoms with Crippen LogP contribution in [0.25, 0.3) is 11.4 Å². The second-order valence-corrected chi connectivity index (χ2v) is 3.90. The van der Waals surface area contributed by atoms with E-state index >= 15 is 0 Å². The Morgan fingerprint density at radius 2 is 1.95 bits per heavy atom. The van der Waals surface area contributed by atoms with Crippen molar-refractivity contribution in [2.75, 3.05) is 21.3 Å². The van der Waals surface area contributed by atoms with E-state index < -0.39 is 0 Å². The van der Waals surface area contributed by atoms with Crippen LogP contribution in [0.3, 0.4) is 0 Å². The van der Waals surface area contributed by atoms with Crippen LogP contribution in [0, 0.1) is 0 Å². The van der Waals surface area contributed by atoms with Gasteiger partial charge in [-0.05, 0) is 19.1 Å². The van der Waals surface area contributed by atoms with Crippen molar-refractivity contribution < 1.29 is 18.7 Å². The average Bonchev–Trinajstić information content (AvgIpc) is 2.95. The van der Waals surface area contributed by atoms with Gasteiger partial charge in [0.2, 0.25) is 5.82 Å². The van der Waals surface area contributed by atoms with Crippen molar-refractivity contribution in [3.8, 4) is 22.9 Å². The van der Waals surface area contributed by atoms with Crippen molar-refractivity contribution in [1.29, 1.82) is 0 Å². The van der Waals surface area contributed by atoms with Gasteiger partial charge in [0.15, 0.2) is 0 Å². The minimum absolute atomic E-state index is 0.245. The predicted octanol–water partition coefficient (Wildman–Crippen LogP) is 2.46. The third-order valence-electron chi connectivity index (χ3n) is 2.79. The highest BCUT2D eigenvalue weighted by atomic mass is 16.5. The van der Waals surface area contributed by atoms with Gasteiger partial charge < -0.3 is 18.7 Å². The third-order valence-corrected chi connectivity index (χ3v) is 2.79. The summed E-state index contributed by atoms with van der Waals surface area (Å²) in [6.45, 7) is 1.84. The van der Waals surface area contributed by atoms with Crippen molar-refractivity contribution in [3.05, 3.63) is 24.1 Å². The molecule has 0 radical (unpaired) electrons. The lowest BCUT2D eigenvalue weighted by Gasteiger charge is -2.07. The molecule has 1 atom stereocenters. The summed E-state index contributed by atoms with van der Waals surface area (Å²) in [6.07, 6.45) is -0.245. The highest BCUT2D eigenvalue weighted by molar-refractivity contribution is 5.65. The van der Waals surface area contributed by atoms with E-state index in [1.54, 1.807) is 27.4 Å². The summed E-state index contributed by atoms with van der Waals surface area (Å²) in [5, 5.41) is 3.93. The number of benzene rings is 1. The molecular formula is C13H16N2O4. The van der Waals surface area contributed by atoms with E-state index in [2.05, 4.69) is 10.1 Å². The zero-order chi connectivity index (χ0) is 13.8. The van der Waals surface area contributed by atoms with Crippen molar-refractivity contribution in [1.82, 2.24) is 10.1 Å². The molecule has 102 valence electrons. The standard InChI is InChI=1S/C13H16N2O4/c1-8(16-2)13-14-12(15-19-13)10-6-5-9(17-3)7-11(10)18-4/h5-8H,1-4H3/t8-/m1/s1. The topological polar surface area (TPSA) is 66.6 Å². The van der Waals surface area contributed by atoms with E-state index in [9.17, 15) is 0 Å². The summed E-state index contributed by atoms with van der Waals surface area (Å²) in [7, 11) is 4.76. The van der Waals surface area contributed by atoms with E-state index in [1.165, 1.54) is 0 Å². The summed E-state index contributed by atoms with van der Waals surface area (Å²) < 4.78 is 20.7. The average molecular weight is 264 g/mol. The van der Waals surface area contributed by atoms with Crippen molar-refractivity contribution in [2.24, 2.45) is 0 Å². The Morgan fingerprint density at radius 3 is 2.58 bits per heavy atom. The summed E-state index contributed by atoms with van der Waals surface area (Å²) in [4.78, 5) is 4.29. The van der Waals surface area contributed by atoms with E-state index in [1.807, 2.05) is 19.1 Å². The van der Waals surface area contributed by atoms with E-state index in [0.29, 0.717) is 23.2 Å². The molecule has 0 saturated heterocycles. The Kier molecular flexibility index (Phi) is 4.01. The first-order valence-corrected chi connectivity index (χ1v) is 5.78. The van der Waals surface area contributed by atoms with Gasteiger partial charge in [0, 0.05) is 13.2 Å². The Balaban J connectivity index is 2.38. The molecule has 0 fully saturated rings. The Labute approximate surface area is 111 Å². The molecule has 0 unspecified atom stereocenters. The number of methoxy groups -OCH3 is 3. The molecule has 6 nitrogen and oxygen atoms in total. The van der Waals surface area contributed by atoms with Crippen LogP contribution in [-0.4, -0.2) is 31.5 Å². The molecule has 1 heterocycles. The van der Waals surface area contributed by atoms with Gasteiger partial charge in [-0.15, -0.1) is 0 Å². The molecule has 2 aromatic rings. The van der Waals surface area contributed by atoms with Crippen LogP contribution in [0.1, 0.15) is 18.9 Å². The van der Waals surface area contributed by atoms with Crippen LogP contribution in [0.5, 0.6) is 11.5 Å². The molecule has 1 aromatic carbocycles. The second-order valence-electron chi connectivity index (χ2n) is 3.90. The van der Waals surface area contributed by atoms with Gasteiger partial charge in [-0.3, -0.25) is 0 Å². The fourth-order valence-electron chi connectivity index (χ4n) is 1.59. The van der Waals surface area contributed by atoms with Gasteiger partial charge in [-0.25, -0.2) is 0 Å². The number of rotatable bonds is 5. The highest BCUT2D eigenvalue weighted by Gasteiger charge is 2.17. The zero-order valence-electron chi connectivity index (χ0n) is 11.3. The molecule has 0 spiro atoms. The largest absolute Gasteiger partial charge is 0.497 e. The minimum atomic E-state index is -0.245. The fraction of sp³-hybridized carbons (Fsp3) is 0.385. The number of ether oxygens (including phenoxy) is 3. The monoisotopic (exact) mass is 264 g/mol. The first kappa shape index (κ1) is 13.4. The van der Waals surface area contributed by atoms with E-state index in [0.717, 1.165) is 5.56 Å². The second kappa shape index (κ2) is 5.71. The third kappa shape index (κ3) is 2.68. The van der Waals surface area contributed by atoms with Crippen LogP contribution in [-0.2, 0) is 4.74 Å². The van der Waals surface area contributed by atoms with Crippen LogP contribution < -0.4 is 9.47 Å². The normalized spacial score (nSPS) is 12.2. The molecule has 0 aliphatic heterocycles. The molecule has 0 bridgehead atoms. The summed E-state index contributed by atoms with van der Waals surface area (Å²) in [5.41, 5.74) is 0.738. The SMILES string of the molecule is COc1ccc(-c2noc([C@@H](C)OC)n2)c(OC)c1. The molecule has 0 N–H and O–H groups in total. The minimum Gasteiger partial charge on any atom is -0.497 e. The van der Waals surface area contributed by atoms with Gasteiger partial charge >= 0.3 is 0 Å². The molecular weight excluding hydrogens is 248 g/mol. The van der Waals surface area contributed by atoms with Crippen molar-refractivity contribution in [2.45, 2.75) is 13.0 Å². The lowest BCUT2D eigenvalue weighted by Crippen LogP contribution is -1.96. The summed E-state index contributed by atoms with van der Waals surface area (Å²) >= 11 is 0. The molecule has 1 aromatic heterocycles. The smallest absolute Gasteiger partial charge is 0.255 e. The quantitative estimate of drug-likeness (QED) is 0.826. The molecule has 0 aliphatic carbocycles. The Morgan fingerprint density at radius 1 is 1.16 bits per heavy atom. The van der Waals surface area contributed by atoms with Crippen LogP contribution in [0.15, 0.2) is 22.7 Å². The zero-order valence-corrected chi connectivity index (χ0v) is 11.3. The van der Waals surface area contributed by atoms with Gasteiger partial charge in [0.05, 0.1) is 19.8 Å². The highest BCUT2D eigenvalue weighted by Crippen LogP contribution is 2.32. The molecule has 0 amide bonds. The molecule has 0 aliphatic rings. The van der Waals surface area contributed by atoms with Crippen LogP contribution >= 0.6 is 0 Å². The number of hydrogen-bond acceptors (Lipinski definition) is 6. The first-order chi connectivity index (χ1) is 9.19. The maximum Gasteiger partial charge on any atom is 0.255 e. The first-order valence-electron chi connectivity index (χ1n) is 5.78. The lowest BCUT2D eigenvalue weighted by atomic mass is 10.2. The van der Waals surface area contributed by atoms with E-state index in [4.69, 9.17) is 18.7 Å². The fourth-order valence-corrected chi connectivity index (χ4v) is 1.59. The summed E-state index contributed by atoms with van der Waals surface area (Å²) in [5.74, 6) is 2.21. The van der Waals surface area contributed by atoms with Crippen LogP contribution in [0.2, 0.25) is 0 Å². The molecule has 6 heteroatoms. The maximum absolute atomic E-state index is 5.31. The summed E-state index contributed by atoms with van der Waals surface area (Å²) in [6, 6.07) is 5.41. The van der Waals surface area contributed by atoms with Crippen molar-refractivity contribution in [3.63, 3.8) is 0 Å². The molecule has 2 rings (SSSR count). The van der Waals surface area contributed by atoms with Gasteiger partial charge in [0.1, 0.15) is 17.6 Å². The van der Waals surface area contributed by atoms with Crippen LogP contribution in [0.4, 0.5) is 0 Å². The van der Waals surface area contributed by atoms with Gasteiger partial charge in [-0.2, -0.15) is 4.98 Å². The Bertz CT molecular complexity index is 553. The maximum atomic E-state index is 5.31. The van der Waals surface area contributed by atoms with Gasteiger partial charge in [-0.1, -0.05) is 5.16 Å². The number of aromatic nitrogens is 2. The molecule has 0 saturated carbocycles. The lowest BCUT2D eigenvalue weighted by molar-refractivity contribution is 0.0886. The number of hydrogen-bond donors (Lipinski definition) is 0. The van der Waals surface area contributed by atoms with E-state index in [-0.39, 0.29) is 6.10 Å². The van der Waals surface area contributed by atoms with Gasteiger partial charge in [0.25, 0.3) is 5.89 Å². The number of nitrogens with zero attached hydrogens (tertiary/aromatic N) is 2.